The first-order valence-electron chi connectivity index (χ1n) is 5.53. The normalized spacial score (nSPS) is 10.0. The van der Waals surface area contributed by atoms with Crippen molar-refractivity contribution in [1.29, 1.82) is 0 Å². The van der Waals surface area contributed by atoms with Crippen LogP contribution in [0.4, 0.5) is 11.5 Å². The van der Waals surface area contributed by atoms with Gasteiger partial charge in [-0.1, -0.05) is 0 Å². The lowest BCUT2D eigenvalue weighted by molar-refractivity contribution is 0.917. The molecule has 2 heterocycles. The van der Waals surface area contributed by atoms with Gasteiger partial charge in [0.25, 0.3) is 0 Å². The Hall–Kier alpha value is -2.10. The van der Waals surface area contributed by atoms with Crippen molar-refractivity contribution in [3.63, 3.8) is 0 Å². The molecule has 0 saturated heterocycles. The summed E-state index contributed by atoms with van der Waals surface area (Å²) in [6.45, 7) is 0.857. The number of hydrogen-bond donors (Lipinski definition) is 1. The van der Waals surface area contributed by atoms with Crippen molar-refractivity contribution in [1.82, 2.24) is 9.97 Å². The van der Waals surface area contributed by atoms with Gasteiger partial charge in [-0.3, -0.25) is 4.98 Å². The fraction of sp³-hybridized carbons (Fsp3) is 0.231. The topological polar surface area (TPSA) is 41.0 Å². The van der Waals surface area contributed by atoms with Gasteiger partial charge in [0.2, 0.25) is 0 Å². The van der Waals surface area contributed by atoms with Crippen LogP contribution in [0.2, 0.25) is 0 Å². The molecule has 4 nitrogen and oxygen atoms in total. The molecule has 0 fully saturated rings. The summed E-state index contributed by atoms with van der Waals surface area (Å²) in [7, 11) is 3.93. The largest absolute Gasteiger partial charge is 0.373 e. The van der Waals surface area contributed by atoms with E-state index >= 15 is 0 Å². The second-order valence-electron chi connectivity index (χ2n) is 3.86. The molecule has 0 radical (unpaired) electrons. The summed E-state index contributed by atoms with van der Waals surface area (Å²) in [5.41, 5.74) is 2.38. The Morgan fingerprint density at radius 1 is 1.18 bits per heavy atom. The van der Waals surface area contributed by atoms with Gasteiger partial charge in [-0.15, -0.1) is 0 Å². The van der Waals surface area contributed by atoms with Gasteiger partial charge in [0.05, 0.1) is 0 Å². The lowest BCUT2D eigenvalue weighted by Crippen LogP contribution is -2.16. The minimum absolute atomic E-state index is 0.857. The lowest BCUT2D eigenvalue weighted by atomic mass is 10.2. The van der Waals surface area contributed by atoms with Crippen LogP contribution >= 0.6 is 0 Å². The van der Waals surface area contributed by atoms with Crippen molar-refractivity contribution in [2.45, 2.75) is 6.54 Å². The second-order valence-corrected chi connectivity index (χ2v) is 3.86. The summed E-state index contributed by atoms with van der Waals surface area (Å²) < 4.78 is 0. The zero-order chi connectivity index (χ0) is 12.1. The van der Waals surface area contributed by atoms with Crippen LogP contribution in [0.15, 0.2) is 42.9 Å². The summed E-state index contributed by atoms with van der Waals surface area (Å²) in [5, 5.41) is 3.04. The van der Waals surface area contributed by atoms with Gasteiger partial charge in [-0.05, 0) is 23.8 Å². The molecule has 88 valence electrons. The van der Waals surface area contributed by atoms with Gasteiger partial charge >= 0.3 is 0 Å². The molecule has 0 aliphatic carbocycles. The van der Waals surface area contributed by atoms with Crippen LogP contribution in [0.5, 0.6) is 0 Å². The summed E-state index contributed by atoms with van der Waals surface area (Å²) in [6.07, 6.45) is 5.44. The number of nitrogens with one attached hydrogen (secondary N) is 1. The zero-order valence-corrected chi connectivity index (χ0v) is 10.1. The number of hydrogen-bond acceptors (Lipinski definition) is 4. The predicted octanol–water partition coefficient (Wildman–Crippen LogP) is 2.15. The van der Waals surface area contributed by atoms with E-state index in [4.69, 9.17) is 0 Å². The number of aromatic nitrogens is 2. The summed E-state index contributed by atoms with van der Waals surface area (Å²) in [5.74, 6) is 0.879. The molecule has 0 atom stereocenters. The smallest absolute Gasteiger partial charge is 0.127 e. The Balaban J connectivity index is 2.11. The van der Waals surface area contributed by atoms with Crippen LogP contribution in [-0.2, 0) is 6.54 Å². The number of anilines is 2. The molecule has 0 aliphatic heterocycles. The van der Waals surface area contributed by atoms with Crippen LogP contribution in [-0.4, -0.2) is 24.1 Å². The fourth-order valence-electron chi connectivity index (χ4n) is 1.65. The molecule has 0 bridgehead atoms. The average molecular weight is 228 g/mol. The molecule has 0 saturated carbocycles. The number of nitrogens with zero attached hydrogens (tertiary/aromatic N) is 3. The maximum Gasteiger partial charge on any atom is 0.127 e. The third kappa shape index (κ3) is 2.93. The highest BCUT2D eigenvalue weighted by atomic mass is 15.1. The van der Waals surface area contributed by atoms with Crippen LogP contribution in [0.25, 0.3) is 0 Å². The van der Waals surface area contributed by atoms with E-state index < -0.39 is 0 Å². The van der Waals surface area contributed by atoms with Crippen molar-refractivity contribution in [3.05, 3.63) is 48.4 Å². The maximum absolute atomic E-state index is 4.20. The first-order valence-corrected chi connectivity index (χ1v) is 5.53. The molecule has 0 aliphatic rings. The van der Waals surface area contributed by atoms with Crippen molar-refractivity contribution in [3.8, 4) is 0 Å². The quantitative estimate of drug-likeness (QED) is 0.870. The van der Waals surface area contributed by atoms with Crippen molar-refractivity contribution < 1.29 is 0 Å². The van der Waals surface area contributed by atoms with E-state index in [2.05, 4.69) is 27.2 Å². The van der Waals surface area contributed by atoms with E-state index in [0.29, 0.717) is 0 Å². The highest BCUT2D eigenvalue weighted by molar-refractivity contribution is 5.53. The van der Waals surface area contributed by atoms with E-state index in [-0.39, 0.29) is 0 Å². The molecular weight excluding hydrogens is 212 g/mol. The van der Waals surface area contributed by atoms with E-state index in [9.17, 15) is 0 Å². The van der Waals surface area contributed by atoms with Crippen molar-refractivity contribution in [2.75, 3.05) is 24.3 Å². The van der Waals surface area contributed by atoms with Gasteiger partial charge in [-0.2, -0.15) is 0 Å². The average Bonchev–Trinajstić information content (AvgIpc) is 2.40. The van der Waals surface area contributed by atoms with Gasteiger partial charge < -0.3 is 10.2 Å². The third-order valence-corrected chi connectivity index (χ3v) is 2.61. The summed E-state index contributed by atoms with van der Waals surface area (Å²) in [4.78, 5) is 10.4. The molecule has 2 aromatic rings. The van der Waals surface area contributed by atoms with Crippen LogP contribution < -0.4 is 10.2 Å². The standard InChI is InChI=1S/C13H16N4/c1-14-13-9-12(5-8-16-13)17(2)10-11-3-6-15-7-4-11/h3-9H,10H2,1-2H3,(H,14,16). The number of pyridine rings is 2. The molecule has 0 unspecified atom stereocenters. The minimum atomic E-state index is 0.857. The Bertz CT molecular complexity index is 470. The minimum Gasteiger partial charge on any atom is -0.373 e. The monoisotopic (exact) mass is 228 g/mol. The molecule has 2 aromatic heterocycles. The molecule has 4 heteroatoms. The molecule has 1 N–H and O–H groups in total. The van der Waals surface area contributed by atoms with E-state index in [1.165, 1.54) is 5.56 Å². The first kappa shape index (κ1) is 11.4. The van der Waals surface area contributed by atoms with Crippen LogP contribution in [0, 0.1) is 0 Å². The van der Waals surface area contributed by atoms with Crippen LogP contribution in [0.3, 0.4) is 0 Å². The summed E-state index contributed by atoms with van der Waals surface area (Å²) in [6, 6.07) is 8.08. The molecule has 17 heavy (non-hydrogen) atoms. The molecule has 0 spiro atoms. The van der Waals surface area contributed by atoms with Crippen molar-refractivity contribution >= 4 is 11.5 Å². The predicted molar refractivity (Wildman–Crippen MR) is 70.1 cm³/mol. The first-order chi connectivity index (χ1) is 8.29. The maximum atomic E-state index is 4.20. The molecule has 2 rings (SSSR count). The zero-order valence-electron chi connectivity index (χ0n) is 10.1. The Morgan fingerprint density at radius 2 is 1.94 bits per heavy atom. The van der Waals surface area contributed by atoms with Gasteiger partial charge in [0.1, 0.15) is 5.82 Å². The van der Waals surface area contributed by atoms with Crippen LogP contribution in [0.1, 0.15) is 5.56 Å². The highest BCUT2D eigenvalue weighted by Gasteiger charge is 2.03. The lowest BCUT2D eigenvalue weighted by Gasteiger charge is -2.19. The molecule has 0 aromatic carbocycles. The van der Waals surface area contributed by atoms with E-state index in [0.717, 1.165) is 18.1 Å². The van der Waals surface area contributed by atoms with Gasteiger partial charge in [-0.25, -0.2) is 4.98 Å². The van der Waals surface area contributed by atoms with Gasteiger partial charge in [0, 0.05) is 51.0 Å². The third-order valence-electron chi connectivity index (χ3n) is 2.61. The van der Waals surface area contributed by atoms with E-state index in [1.807, 2.05) is 49.9 Å². The van der Waals surface area contributed by atoms with Crippen molar-refractivity contribution in [2.24, 2.45) is 0 Å². The molecule has 0 amide bonds. The SMILES string of the molecule is CNc1cc(N(C)Cc2ccncc2)ccn1. The summed E-state index contributed by atoms with van der Waals surface area (Å²) >= 11 is 0. The highest BCUT2D eigenvalue weighted by Crippen LogP contribution is 2.17. The Morgan fingerprint density at radius 3 is 2.65 bits per heavy atom. The molecular formula is C13H16N4. The Labute approximate surface area is 101 Å². The number of rotatable bonds is 4. The fourth-order valence-corrected chi connectivity index (χ4v) is 1.65. The van der Waals surface area contributed by atoms with Gasteiger partial charge in [0.15, 0.2) is 0 Å². The second kappa shape index (κ2) is 5.30. The Kier molecular flexibility index (Phi) is 3.55. The van der Waals surface area contributed by atoms with E-state index in [1.54, 1.807) is 0 Å².